The van der Waals surface area contributed by atoms with E-state index in [0.29, 0.717) is 19.5 Å². The average molecular weight is 276 g/mol. The van der Waals surface area contributed by atoms with Gasteiger partial charge in [0.25, 0.3) is 0 Å². The highest BCUT2D eigenvalue weighted by atomic mass is 16.1. The minimum atomic E-state index is 0.202. The van der Waals surface area contributed by atoms with Crippen LogP contribution in [0.4, 0.5) is 5.69 Å². The second-order valence-electron chi connectivity index (χ2n) is 5.11. The zero-order valence-corrected chi connectivity index (χ0v) is 11.7. The first-order valence-corrected chi connectivity index (χ1v) is 7.13. The first-order valence-electron chi connectivity index (χ1n) is 7.13. The molecule has 0 fully saturated rings. The molecule has 0 saturated heterocycles. The molecule has 0 amide bonds. The molecule has 1 aliphatic carbocycles. The van der Waals surface area contributed by atoms with Crippen molar-refractivity contribution in [3.05, 3.63) is 65.0 Å². The Morgan fingerprint density at radius 2 is 1.90 bits per heavy atom. The third-order valence-electron chi connectivity index (χ3n) is 3.82. The Kier molecular flexibility index (Phi) is 3.70. The molecular weight excluding hydrogens is 260 g/mol. The van der Waals surface area contributed by atoms with Crippen LogP contribution in [0.2, 0.25) is 0 Å². The van der Waals surface area contributed by atoms with Crippen molar-refractivity contribution in [1.29, 1.82) is 0 Å². The maximum absolute atomic E-state index is 12.2. The molecule has 1 aliphatic rings. The van der Waals surface area contributed by atoms with Crippen molar-refractivity contribution in [3.8, 4) is 11.1 Å². The summed E-state index contributed by atoms with van der Waals surface area (Å²) in [6.45, 7) is 7.82. The van der Waals surface area contributed by atoms with E-state index in [-0.39, 0.29) is 5.78 Å². The van der Waals surface area contributed by atoms with E-state index in [1.165, 1.54) is 0 Å². The summed E-state index contributed by atoms with van der Waals surface area (Å²) in [5.74, 6) is 0.202. The van der Waals surface area contributed by atoms with Gasteiger partial charge in [-0.3, -0.25) is 4.79 Å². The summed E-state index contributed by atoms with van der Waals surface area (Å²) in [6.07, 6.45) is 1.38. The lowest BCUT2D eigenvalue weighted by molar-refractivity contribution is 0.0995. The van der Waals surface area contributed by atoms with Gasteiger partial charge in [-0.2, -0.15) is 0 Å². The van der Waals surface area contributed by atoms with Crippen molar-refractivity contribution in [3.63, 3.8) is 0 Å². The highest BCUT2D eigenvalue weighted by molar-refractivity contribution is 6.07. The van der Waals surface area contributed by atoms with Crippen LogP contribution in [0.3, 0.4) is 0 Å². The molecular formula is C18H16N2O. The van der Waals surface area contributed by atoms with Crippen molar-refractivity contribution < 1.29 is 4.79 Å². The fraction of sp³-hybridized carbons (Fsp3) is 0.222. The number of anilines is 1. The number of Topliss-reactive ketones (excluding diaryl/α,β-unsaturated/α-hetero) is 1. The van der Waals surface area contributed by atoms with Gasteiger partial charge in [0.2, 0.25) is 6.54 Å². The van der Waals surface area contributed by atoms with Crippen molar-refractivity contribution in [2.75, 3.05) is 18.4 Å². The Balaban J connectivity index is 2.03. The number of ketones is 1. The molecule has 21 heavy (non-hydrogen) atoms. The molecule has 0 bridgehead atoms. The third-order valence-corrected chi connectivity index (χ3v) is 3.82. The lowest BCUT2D eigenvalue weighted by Crippen LogP contribution is -2.08. The molecule has 0 spiro atoms. The summed E-state index contributed by atoms with van der Waals surface area (Å²) in [5, 5.41) is 3.22. The maximum Gasteiger partial charge on any atom is 0.231 e. The van der Waals surface area contributed by atoms with Gasteiger partial charge in [0, 0.05) is 17.7 Å². The zero-order valence-electron chi connectivity index (χ0n) is 11.7. The van der Waals surface area contributed by atoms with E-state index in [1.54, 1.807) is 0 Å². The van der Waals surface area contributed by atoms with Crippen LogP contribution in [-0.2, 0) is 6.42 Å². The van der Waals surface area contributed by atoms with E-state index >= 15 is 0 Å². The van der Waals surface area contributed by atoms with Crippen LogP contribution >= 0.6 is 0 Å². The lowest BCUT2D eigenvalue weighted by Gasteiger charge is -2.13. The number of hydrogen-bond acceptors (Lipinski definition) is 2. The van der Waals surface area contributed by atoms with Crippen LogP contribution in [0.25, 0.3) is 16.0 Å². The SMILES string of the molecule is [C-]#[N+]CCNc1ccc(-c2ccccc2)c2c1C(=O)CC2. The normalized spacial score (nSPS) is 12.8. The third kappa shape index (κ3) is 2.53. The number of nitrogens with one attached hydrogen (secondary N) is 1. The highest BCUT2D eigenvalue weighted by Crippen LogP contribution is 2.36. The molecule has 3 heteroatoms. The largest absolute Gasteiger partial charge is 0.377 e. The average Bonchev–Trinajstić information content (AvgIpc) is 2.91. The number of benzene rings is 2. The van der Waals surface area contributed by atoms with Crippen molar-refractivity contribution in [2.24, 2.45) is 0 Å². The van der Waals surface area contributed by atoms with E-state index in [0.717, 1.165) is 34.4 Å². The van der Waals surface area contributed by atoms with Crippen LogP contribution in [-0.4, -0.2) is 18.9 Å². The van der Waals surface area contributed by atoms with Gasteiger partial charge in [-0.05, 0) is 29.2 Å². The van der Waals surface area contributed by atoms with Gasteiger partial charge in [-0.15, -0.1) is 0 Å². The molecule has 0 aromatic heterocycles. The molecule has 2 aromatic rings. The van der Waals surface area contributed by atoms with Crippen molar-refractivity contribution >= 4 is 11.5 Å². The van der Waals surface area contributed by atoms with E-state index in [4.69, 9.17) is 6.57 Å². The number of carbonyl (C=O) groups is 1. The number of carbonyl (C=O) groups excluding carboxylic acids is 1. The summed E-state index contributed by atoms with van der Waals surface area (Å²) >= 11 is 0. The molecule has 3 nitrogen and oxygen atoms in total. The minimum Gasteiger partial charge on any atom is -0.377 e. The summed E-state index contributed by atoms with van der Waals surface area (Å²) in [7, 11) is 0. The molecule has 0 radical (unpaired) electrons. The Bertz CT molecular complexity index is 714. The molecule has 0 heterocycles. The van der Waals surface area contributed by atoms with Crippen LogP contribution in [0.15, 0.2) is 42.5 Å². The fourth-order valence-corrected chi connectivity index (χ4v) is 2.87. The van der Waals surface area contributed by atoms with Crippen molar-refractivity contribution in [1.82, 2.24) is 0 Å². The summed E-state index contributed by atoms with van der Waals surface area (Å²) < 4.78 is 0. The van der Waals surface area contributed by atoms with Crippen LogP contribution in [0.1, 0.15) is 22.3 Å². The molecule has 1 N–H and O–H groups in total. The summed E-state index contributed by atoms with van der Waals surface area (Å²) in [5.41, 5.74) is 5.12. The molecule has 3 rings (SSSR count). The molecule has 0 unspecified atom stereocenters. The van der Waals surface area contributed by atoms with Crippen LogP contribution in [0, 0.1) is 6.57 Å². The minimum absolute atomic E-state index is 0.202. The second kappa shape index (κ2) is 5.80. The van der Waals surface area contributed by atoms with Gasteiger partial charge < -0.3 is 10.2 Å². The Hall–Kier alpha value is -2.60. The summed E-state index contributed by atoms with van der Waals surface area (Å²) in [6, 6.07) is 14.2. The lowest BCUT2D eigenvalue weighted by atomic mass is 9.95. The standard InChI is InChI=1S/C18H16N2O/c1-19-11-12-20-16-9-7-14(13-5-3-2-4-6-13)15-8-10-17(21)18(15)16/h2-7,9,20H,8,10-12H2. The van der Waals surface area contributed by atoms with Crippen LogP contribution in [0.5, 0.6) is 0 Å². The smallest absolute Gasteiger partial charge is 0.231 e. The second-order valence-corrected chi connectivity index (χ2v) is 5.11. The van der Waals surface area contributed by atoms with E-state index in [2.05, 4.69) is 28.4 Å². The van der Waals surface area contributed by atoms with E-state index in [1.807, 2.05) is 24.3 Å². The Morgan fingerprint density at radius 1 is 1.10 bits per heavy atom. The monoisotopic (exact) mass is 276 g/mol. The number of hydrogen-bond donors (Lipinski definition) is 1. The van der Waals surface area contributed by atoms with E-state index in [9.17, 15) is 4.79 Å². The van der Waals surface area contributed by atoms with Gasteiger partial charge >= 0.3 is 0 Å². The highest BCUT2D eigenvalue weighted by Gasteiger charge is 2.26. The molecule has 0 aliphatic heterocycles. The van der Waals surface area contributed by atoms with Crippen molar-refractivity contribution in [2.45, 2.75) is 12.8 Å². The first-order chi connectivity index (χ1) is 10.3. The molecule has 0 atom stereocenters. The molecule has 0 saturated carbocycles. The van der Waals surface area contributed by atoms with E-state index < -0.39 is 0 Å². The maximum atomic E-state index is 12.2. The number of rotatable bonds is 4. The predicted molar refractivity (Wildman–Crippen MR) is 84.5 cm³/mol. The Labute approximate surface area is 124 Å². The van der Waals surface area contributed by atoms with Gasteiger partial charge in [0.15, 0.2) is 5.78 Å². The van der Waals surface area contributed by atoms with Gasteiger partial charge in [0.05, 0.1) is 6.54 Å². The fourth-order valence-electron chi connectivity index (χ4n) is 2.87. The first kappa shape index (κ1) is 13.4. The van der Waals surface area contributed by atoms with Crippen LogP contribution < -0.4 is 5.32 Å². The number of nitrogens with zero attached hydrogens (tertiary/aromatic N) is 1. The summed E-state index contributed by atoms with van der Waals surface area (Å²) in [4.78, 5) is 15.5. The molecule has 2 aromatic carbocycles. The molecule has 104 valence electrons. The quantitative estimate of drug-likeness (QED) is 0.680. The Morgan fingerprint density at radius 3 is 2.67 bits per heavy atom. The van der Waals surface area contributed by atoms with Gasteiger partial charge in [-0.25, -0.2) is 6.57 Å². The number of fused-ring (bicyclic) bond motifs is 1. The zero-order chi connectivity index (χ0) is 14.7. The van der Waals surface area contributed by atoms with Gasteiger partial charge in [0.1, 0.15) is 0 Å². The topological polar surface area (TPSA) is 33.5 Å². The predicted octanol–water partition coefficient (Wildman–Crippen LogP) is 3.81. The van der Waals surface area contributed by atoms with Gasteiger partial charge in [-0.1, -0.05) is 36.4 Å².